The van der Waals surface area contributed by atoms with Gasteiger partial charge in [0.05, 0.1) is 6.42 Å². The van der Waals surface area contributed by atoms with Gasteiger partial charge in [0.1, 0.15) is 11.9 Å². The van der Waals surface area contributed by atoms with Crippen molar-refractivity contribution in [3.05, 3.63) is 102 Å². The number of carbonyl (C=O) groups is 2. The smallest absolute Gasteiger partial charge is 0.248 e. The van der Waals surface area contributed by atoms with Gasteiger partial charge in [-0.15, -0.1) is 0 Å². The zero-order valence-electron chi connectivity index (χ0n) is 20.3. The lowest BCUT2D eigenvalue weighted by Crippen LogP contribution is -2.47. The average Bonchev–Trinajstić information content (AvgIpc) is 3.54. The second-order valence-electron chi connectivity index (χ2n) is 9.53. The first-order chi connectivity index (χ1) is 17.5. The molecular weight excluding hydrogens is 453 g/mol. The molecule has 1 aromatic heterocycles. The van der Waals surface area contributed by atoms with Crippen LogP contribution in [0.15, 0.2) is 79.0 Å². The quantitative estimate of drug-likeness (QED) is 0.339. The van der Waals surface area contributed by atoms with Crippen LogP contribution in [0.4, 0.5) is 10.1 Å². The number of para-hydroxylation sites is 1. The first-order valence-corrected chi connectivity index (χ1v) is 12.5. The molecule has 1 atom stereocenters. The number of aryl methyl sites for hydroxylation is 1. The first-order valence-electron chi connectivity index (χ1n) is 12.5. The Morgan fingerprint density at radius 2 is 1.69 bits per heavy atom. The number of aromatic amines is 1. The zero-order valence-corrected chi connectivity index (χ0v) is 20.3. The molecule has 4 aromatic rings. The number of H-pyrrole nitrogens is 1. The molecular formula is C30H30FN3O2. The molecule has 2 N–H and O–H groups in total. The van der Waals surface area contributed by atoms with Crippen LogP contribution in [0.1, 0.15) is 48.4 Å². The molecule has 184 valence electrons. The van der Waals surface area contributed by atoms with Crippen molar-refractivity contribution in [2.75, 3.05) is 4.90 Å². The fourth-order valence-electron chi connectivity index (χ4n) is 5.21. The van der Waals surface area contributed by atoms with Gasteiger partial charge in [-0.1, -0.05) is 55.3 Å². The average molecular weight is 484 g/mol. The third kappa shape index (κ3) is 4.89. The normalized spacial score (nSPS) is 14.6. The molecule has 1 aliphatic rings. The van der Waals surface area contributed by atoms with Crippen molar-refractivity contribution in [1.29, 1.82) is 0 Å². The molecule has 36 heavy (non-hydrogen) atoms. The summed E-state index contributed by atoms with van der Waals surface area (Å²) in [7, 11) is 0. The number of aromatic nitrogens is 1. The van der Waals surface area contributed by atoms with Crippen LogP contribution >= 0.6 is 0 Å². The number of rotatable bonds is 7. The van der Waals surface area contributed by atoms with Crippen molar-refractivity contribution in [3.63, 3.8) is 0 Å². The predicted octanol–water partition coefficient (Wildman–Crippen LogP) is 5.99. The van der Waals surface area contributed by atoms with Crippen LogP contribution in [0.5, 0.6) is 0 Å². The third-order valence-corrected chi connectivity index (χ3v) is 7.08. The summed E-state index contributed by atoms with van der Waals surface area (Å²) in [4.78, 5) is 32.7. The summed E-state index contributed by atoms with van der Waals surface area (Å²) in [5.41, 5.74) is 3.95. The van der Waals surface area contributed by atoms with Gasteiger partial charge in [-0.05, 0) is 66.8 Å². The number of hydrogen-bond donors (Lipinski definition) is 2. The number of anilines is 1. The lowest BCUT2D eigenvalue weighted by Gasteiger charge is -2.33. The summed E-state index contributed by atoms with van der Waals surface area (Å²) in [5, 5.41) is 4.16. The molecule has 1 fully saturated rings. The van der Waals surface area contributed by atoms with Crippen LogP contribution in [-0.2, 0) is 16.0 Å². The van der Waals surface area contributed by atoms with E-state index in [-0.39, 0.29) is 24.3 Å². The van der Waals surface area contributed by atoms with E-state index in [1.807, 2.05) is 61.7 Å². The molecule has 3 aromatic carbocycles. The number of carbonyl (C=O) groups excluding carboxylic acids is 2. The lowest BCUT2D eigenvalue weighted by atomic mass is 9.97. The summed E-state index contributed by atoms with van der Waals surface area (Å²) in [6, 6.07) is 20.5. The molecule has 5 rings (SSSR count). The van der Waals surface area contributed by atoms with Gasteiger partial charge in [-0.25, -0.2) is 4.39 Å². The summed E-state index contributed by atoms with van der Waals surface area (Å²) >= 11 is 0. The van der Waals surface area contributed by atoms with Gasteiger partial charge in [0, 0.05) is 28.8 Å². The van der Waals surface area contributed by atoms with Crippen LogP contribution in [0.3, 0.4) is 0 Å². The SMILES string of the molecule is Cc1ccccc1[C@@H](C(=O)NC1CCCC1)N(C(=O)Cc1c[nH]c2ccccc12)c1ccc(F)cc1. The first kappa shape index (κ1) is 23.8. The van der Waals surface area contributed by atoms with E-state index in [4.69, 9.17) is 0 Å². The van der Waals surface area contributed by atoms with Gasteiger partial charge in [0.2, 0.25) is 11.8 Å². The van der Waals surface area contributed by atoms with Gasteiger partial charge in [-0.2, -0.15) is 0 Å². The molecule has 6 heteroatoms. The van der Waals surface area contributed by atoms with Crippen molar-refractivity contribution in [1.82, 2.24) is 10.3 Å². The molecule has 1 saturated carbocycles. The Morgan fingerprint density at radius 1 is 1.00 bits per heavy atom. The number of nitrogens with zero attached hydrogens (tertiary/aromatic N) is 1. The molecule has 0 radical (unpaired) electrons. The molecule has 0 aliphatic heterocycles. The van der Waals surface area contributed by atoms with Gasteiger partial charge in [0.15, 0.2) is 0 Å². The van der Waals surface area contributed by atoms with E-state index in [0.717, 1.165) is 53.3 Å². The van der Waals surface area contributed by atoms with Crippen molar-refractivity contribution in [3.8, 4) is 0 Å². The lowest BCUT2D eigenvalue weighted by molar-refractivity contribution is -0.127. The largest absolute Gasteiger partial charge is 0.361 e. The Balaban J connectivity index is 1.58. The summed E-state index contributed by atoms with van der Waals surface area (Å²) in [5.74, 6) is -0.848. The van der Waals surface area contributed by atoms with Crippen molar-refractivity contribution in [2.24, 2.45) is 0 Å². The topological polar surface area (TPSA) is 65.2 Å². The monoisotopic (exact) mass is 483 g/mol. The molecule has 0 unspecified atom stereocenters. The van der Waals surface area contributed by atoms with Crippen molar-refractivity contribution in [2.45, 2.75) is 51.1 Å². The van der Waals surface area contributed by atoms with Crippen molar-refractivity contribution >= 4 is 28.4 Å². The predicted molar refractivity (Wildman–Crippen MR) is 140 cm³/mol. The molecule has 1 aliphatic carbocycles. The highest BCUT2D eigenvalue weighted by molar-refractivity contribution is 6.03. The minimum Gasteiger partial charge on any atom is -0.361 e. The molecule has 1 heterocycles. The highest BCUT2D eigenvalue weighted by atomic mass is 19.1. The minimum atomic E-state index is -0.880. The third-order valence-electron chi connectivity index (χ3n) is 7.08. The summed E-state index contributed by atoms with van der Waals surface area (Å²) in [6.07, 6.45) is 5.98. The van der Waals surface area contributed by atoms with E-state index in [1.54, 1.807) is 12.1 Å². The maximum Gasteiger partial charge on any atom is 0.248 e. The fraction of sp³-hybridized carbons (Fsp3) is 0.267. The number of halogens is 1. The van der Waals surface area contributed by atoms with Gasteiger partial charge < -0.3 is 10.3 Å². The maximum atomic E-state index is 14.0. The van der Waals surface area contributed by atoms with E-state index in [9.17, 15) is 14.0 Å². The standard InChI is InChI=1S/C30H30FN3O2/c1-20-8-2-5-11-25(20)29(30(36)33-23-9-3-4-10-23)34(24-16-14-22(31)15-17-24)28(35)18-21-19-32-27-13-7-6-12-26(21)27/h2,5-8,11-17,19,23,29,32H,3-4,9-10,18H2,1H3,(H,33,36)/t29-/m0/s1. The highest BCUT2D eigenvalue weighted by Crippen LogP contribution is 2.32. The van der Waals surface area contributed by atoms with Crippen LogP contribution in [0, 0.1) is 12.7 Å². The highest BCUT2D eigenvalue weighted by Gasteiger charge is 2.35. The van der Waals surface area contributed by atoms with Crippen molar-refractivity contribution < 1.29 is 14.0 Å². The molecule has 2 amide bonds. The Kier molecular flexibility index (Phi) is 6.85. The Bertz CT molecular complexity index is 1370. The second kappa shape index (κ2) is 10.4. The number of hydrogen-bond acceptors (Lipinski definition) is 2. The van der Waals surface area contributed by atoms with Crippen LogP contribution in [0.2, 0.25) is 0 Å². The fourth-order valence-corrected chi connectivity index (χ4v) is 5.21. The number of benzene rings is 3. The molecule has 5 nitrogen and oxygen atoms in total. The minimum absolute atomic E-state index is 0.0977. The van der Waals surface area contributed by atoms with E-state index < -0.39 is 11.9 Å². The second-order valence-corrected chi connectivity index (χ2v) is 9.53. The Labute approximate surface area is 210 Å². The summed E-state index contributed by atoms with van der Waals surface area (Å²) < 4.78 is 13.9. The zero-order chi connectivity index (χ0) is 25.1. The van der Waals surface area contributed by atoms with Crippen LogP contribution in [-0.4, -0.2) is 22.8 Å². The molecule has 0 spiro atoms. The molecule has 0 saturated heterocycles. The number of amides is 2. The van der Waals surface area contributed by atoms with Gasteiger partial charge >= 0.3 is 0 Å². The maximum absolute atomic E-state index is 14.0. The van der Waals surface area contributed by atoms with E-state index in [2.05, 4.69) is 10.3 Å². The number of fused-ring (bicyclic) bond motifs is 1. The van der Waals surface area contributed by atoms with Gasteiger partial charge in [-0.3, -0.25) is 14.5 Å². The Morgan fingerprint density at radius 3 is 2.44 bits per heavy atom. The van der Waals surface area contributed by atoms with E-state index in [1.165, 1.54) is 17.0 Å². The van der Waals surface area contributed by atoms with Crippen LogP contribution < -0.4 is 10.2 Å². The Hall–Kier alpha value is -3.93. The van der Waals surface area contributed by atoms with E-state index >= 15 is 0 Å². The molecule has 0 bridgehead atoms. The number of nitrogens with one attached hydrogen (secondary N) is 2. The van der Waals surface area contributed by atoms with E-state index in [0.29, 0.717) is 5.69 Å². The summed E-state index contributed by atoms with van der Waals surface area (Å²) in [6.45, 7) is 1.94. The van der Waals surface area contributed by atoms with Crippen LogP contribution in [0.25, 0.3) is 10.9 Å². The van der Waals surface area contributed by atoms with Gasteiger partial charge in [0.25, 0.3) is 0 Å².